The molecule has 1 aliphatic rings. The molecule has 3 nitrogen and oxygen atoms in total. The highest BCUT2D eigenvalue weighted by Crippen LogP contribution is 2.28. The van der Waals surface area contributed by atoms with Crippen molar-refractivity contribution >= 4 is 5.91 Å². The van der Waals surface area contributed by atoms with Gasteiger partial charge in [0.05, 0.1) is 5.92 Å². The molecule has 86 valence electrons. The maximum atomic E-state index is 12.1. The molecule has 16 heavy (non-hydrogen) atoms. The van der Waals surface area contributed by atoms with Gasteiger partial charge in [0.15, 0.2) is 0 Å². The standard InChI is InChI=1S/C13H17NO2/c1-14-8-3-2-7-12(13(14)16)10-5-4-6-11(15)9-10/h4-6,9,12,15H,2-3,7-8H2,1H3. The number of hydrogen-bond acceptors (Lipinski definition) is 2. The lowest BCUT2D eigenvalue weighted by molar-refractivity contribution is -0.130. The first-order valence-corrected chi connectivity index (χ1v) is 5.72. The number of nitrogens with zero attached hydrogens (tertiary/aromatic N) is 1. The third-order valence-corrected chi connectivity index (χ3v) is 3.18. The number of amides is 1. The number of phenols is 1. The molecule has 1 aromatic carbocycles. The number of likely N-dealkylation sites (N-methyl/N-ethyl adjacent to an activating group) is 1. The van der Waals surface area contributed by atoms with E-state index >= 15 is 0 Å². The molecule has 1 fully saturated rings. The molecular weight excluding hydrogens is 202 g/mol. The van der Waals surface area contributed by atoms with Crippen LogP contribution in [0.2, 0.25) is 0 Å². The van der Waals surface area contributed by atoms with Crippen molar-refractivity contribution in [1.29, 1.82) is 0 Å². The molecule has 0 saturated carbocycles. The van der Waals surface area contributed by atoms with Crippen LogP contribution in [0.15, 0.2) is 24.3 Å². The topological polar surface area (TPSA) is 40.5 Å². The number of carbonyl (C=O) groups is 1. The van der Waals surface area contributed by atoms with E-state index in [4.69, 9.17) is 0 Å². The second-order valence-electron chi connectivity index (χ2n) is 4.40. The van der Waals surface area contributed by atoms with Crippen LogP contribution in [0.4, 0.5) is 0 Å². The second-order valence-corrected chi connectivity index (χ2v) is 4.40. The average Bonchev–Trinajstić information content (AvgIpc) is 2.42. The first-order chi connectivity index (χ1) is 7.68. The highest BCUT2D eigenvalue weighted by Gasteiger charge is 2.26. The molecule has 0 bridgehead atoms. The number of rotatable bonds is 1. The van der Waals surface area contributed by atoms with E-state index in [0.717, 1.165) is 31.4 Å². The minimum atomic E-state index is -0.0837. The van der Waals surface area contributed by atoms with Gasteiger partial charge < -0.3 is 10.0 Å². The second kappa shape index (κ2) is 4.56. The highest BCUT2D eigenvalue weighted by molar-refractivity contribution is 5.83. The van der Waals surface area contributed by atoms with Gasteiger partial charge in [0.1, 0.15) is 5.75 Å². The van der Waals surface area contributed by atoms with Gasteiger partial charge in [-0.15, -0.1) is 0 Å². The van der Waals surface area contributed by atoms with Gasteiger partial charge in [-0.2, -0.15) is 0 Å². The minimum absolute atomic E-state index is 0.0837. The van der Waals surface area contributed by atoms with Gasteiger partial charge >= 0.3 is 0 Å². The van der Waals surface area contributed by atoms with Gasteiger partial charge in [-0.3, -0.25) is 4.79 Å². The van der Waals surface area contributed by atoms with Crippen LogP contribution in [0.5, 0.6) is 5.75 Å². The number of phenolic OH excluding ortho intramolecular Hbond substituents is 1. The van der Waals surface area contributed by atoms with Crippen LogP contribution in [0.3, 0.4) is 0 Å². The van der Waals surface area contributed by atoms with Gasteiger partial charge in [0, 0.05) is 13.6 Å². The van der Waals surface area contributed by atoms with Crippen LogP contribution >= 0.6 is 0 Å². The normalized spacial score (nSPS) is 21.9. The van der Waals surface area contributed by atoms with Crippen molar-refractivity contribution in [3.63, 3.8) is 0 Å². The van der Waals surface area contributed by atoms with E-state index < -0.39 is 0 Å². The summed E-state index contributed by atoms with van der Waals surface area (Å²) in [6.45, 7) is 0.841. The number of carbonyl (C=O) groups excluding carboxylic acids is 1. The van der Waals surface area contributed by atoms with E-state index in [-0.39, 0.29) is 17.6 Å². The molecule has 1 heterocycles. The van der Waals surface area contributed by atoms with Crippen molar-refractivity contribution in [2.45, 2.75) is 25.2 Å². The van der Waals surface area contributed by atoms with Crippen molar-refractivity contribution in [2.24, 2.45) is 0 Å². The van der Waals surface area contributed by atoms with Gasteiger partial charge in [0.25, 0.3) is 0 Å². The van der Waals surface area contributed by atoms with E-state index in [9.17, 15) is 9.90 Å². The molecular formula is C13H17NO2. The summed E-state index contributed by atoms with van der Waals surface area (Å²) >= 11 is 0. The zero-order valence-corrected chi connectivity index (χ0v) is 9.52. The van der Waals surface area contributed by atoms with Crippen LogP contribution in [-0.4, -0.2) is 29.5 Å². The molecule has 1 amide bonds. The Morgan fingerprint density at radius 2 is 2.19 bits per heavy atom. The summed E-state index contributed by atoms with van der Waals surface area (Å²) in [5.74, 6) is 0.319. The molecule has 0 radical (unpaired) electrons. The molecule has 0 aromatic heterocycles. The quantitative estimate of drug-likeness (QED) is 0.786. The summed E-state index contributed by atoms with van der Waals surface area (Å²) in [6.07, 6.45) is 3.01. The third kappa shape index (κ3) is 2.18. The van der Waals surface area contributed by atoms with Crippen molar-refractivity contribution in [3.8, 4) is 5.75 Å². The van der Waals surface area contributed by atoms with Gasteiger partial charge in [-0.1, -0.05) is 18.6 Å². The Morgan fingerprint density at radius 3 is 2.94 bits per heavy atom. The SMILES string of the molecule is CN1CCCCC(c2cccc(O)c2)C1=O. The maximum Gasteiger partial charge on any atom is 0.229 e. The molecule has 1 saturated heterocycles. The van der Waals surface area contributed by atoms with E-state index in [0.29, 0.717) is 0 Å². The molecule has 2 rings (SSSR count). The predicted molar refractivity (Wildman–Crippen MR) is 62.3 cm³/mol. The fourth-order valence-electron chi connectivity index (χ4n) is 2.25. The van der Waals surface area contributed by atoms with E-state index in [1.165, 1.54) is 0 Å². The van der Waals surface area contributed by atoms with E-state index in [1.54, 1.807) is 23.1 Å². The molecule has 1 aliphatic heterocycles. The lowest BCUT2D eigenvalue weighted by Crippen LogP contribution is -2.30. The lowest BCUT2D eigenvalue weighted by atomic mass is 9.93. The van der Waals surface area contributed by atoms with Crippen molar-refractivity contribution in [1.82, 2.24) is 4.90 Å². The zero-order chi connectivity index (χ0) is 11.5. The van der Waals surface area contributed by atoms with Crippen LogP contribution in [0.25, 0.3) is 0 Å². The van der Waals surface area contributed by atoms with Crippen LogP contribution in [0.1, 0.15) is 30.7 Å². The maximum absolute atomic E-state index is 12.1. The monoisotopic (exact) mass is 219 g/mol. The van der Waals surface area contributed by atoms with Crippen LogP contribution in [0, 0.1) is 0 Å². The van der Waals surface area contributed by atoms with Crippen molar-refractivity contribution in [2.75, 3.05) is 13.6 Å². The zero-order valence-electron chi connectivity index (χ0n) is 9.52. The van der Waals surface area contributed by atoms with Gasteiger partial charge in [-0.25, -0.2) is 0 Å². The third-order valence-electron chi connectivity index (χ3n) is 3.18. The van der Waals surface area contributed by atoms with E-state index in [1.807, 2.05) is 13.1 Å². The molecule has 0 spiro atoms. The Kier molecular flexibility index (Phi) is 3.13. The fourth-order valence-corrected chi connectivity index (χ4v) is 2.25. The van der Waals surface area contributed by atoms with Gasteiger partial charge in [0.2, 0.25) is 5.91 Å². The molecule has 1 aromatic rings. The average molecular weight is 219 g/mol. The first kappa shape index (κ1) is 11.0. The highest BCUT2D eigenvalue weighted by atomic mass is 16.3. The molecule has 0 aliphatic carbocycles. The van der Waals surface area contributed by atoms with Crippen LogP contribution in [-0.2, 0) is 4.79 Å². The lowest BCUT2D eigenvalue weighted by Gasteiger charge is -2.20. The molecule has 3 heteroatoms. The predicted octanol–water partition coefficient (Wildman–Crippen LogP) is 2.12. The Balaban J connectivity index is 2.27. The first-order valence-electron chi connectivity index (χ1n) is 5.72. The summed E-state index contributed by atoms with van der Waals surface area (Å²) in [4.78, 5) is 13.9. The Hall–Kier alpha value is -1.51. The van der Waals surface area contributed by atoms with Crippen LogP contribution < -0.4 is 0 Å². The number of likely N-dealkylation sites (tertiary alicyclic amines) is 1. The smallest absolute Gasteiger partial charge is 0.229 e. The number of benzene rings is 1. The molecule has 1 atom stereocenters. The Bertz CT molecular complexity index is 389. The molecule has 1 N–H and O–H groups in total. The summed E-state index contributed by atoms with van der Waals surface area (Å²) < 4.78 is 0. The Labute approximate surface area is 95.7 Å². The number of hydrogen-bond donors (Lipinski definition) is 1. The summed E-state index contributed by atoms with van der Waals surface area (Å²) in [5.41, 5.74) is 0.929. The van der Waals surface area contributed by atoms with Gasteiger partial charge in [-0.05, 0) is 30.5 Å². The summed E-state index contributed by atoms with van der Waals surface area (Å²) in [5, 5.41) is 9.44. The summed E-state index contributed by atoms with van der Waals surface area (Å²) in [6, 6.07) is 7.04. The molecule has 1 unspecified atom stereocenters. The van der Waals surface area contributed by atoms with E-state index in [2.05, 4.69) is 0 Å². The van der Waals surface area contributed by atoms with Crippen molar-refractivity contribution < 1.29 is 9.90 Å². The summed E-state index contributed by atoms with van der Waals surface area (Å²) in [7, 11) is 1.85. The van der Waals surface area contributed by atoms with Crippen molar-refractivity contribution in [3.05, 3.63) is 29.8 Å². The number of aromatic hydroxyl groups is 1. The fraction of sp³-hybridized carbons (Fsp3) is 0.462. The minimum Gasteiger partial charge on any atom is -0.508 e. The Morgan fingerprint density at radius 1 is 1.38 bits per heavy atom. The largest absolute Gasteiger partial charge is 0.508 e.